The Morgan fingerprint density at radius 3 is 2.55 bits per heavy atom. The molecular formula is C16H18FNO2. The van der Waals surface area contributed by atoms with Gasteiger partial charge in [0.15, 0.2) is 0 Å². The van der Waals surface area contributed by atoms with Crippen molar-refractivity contribution in [2.24, 2.45) is 0 Å². The third-order valence-corrected chi connectivity index (χ3v) is 3.39. The van der Waals surface area contributed by atoms with E-state index in [9.17, 15) is 9.50 Å². The number of hydrogen-bond acceptors (Lipinski definition) is 3. The minimum Gasteiger partial charge on any atom is -0.497 e. The summed E-state index contributed by atoms with van der Waals surface area (Å²) in [6, 6.07) is 9.00. The van der Waals surface area contributed by atoms with E-state index in [2.05, 4.69) is 4.98 Å². The molecule has 20 heavy (non-hydrogen) atoms. The lowest BCUT2D eigenvalue weighted by molar-refractivity contribution is 0.0473. The maximum absolute atomic E-state index is 13.2. The SMILES string of the molecule is COc1ccc(CCC(C)(O)c2cncc(F)c2)cc1. The standard InChI is InChI=1S/C16H18FNO2/c1-16(19,13-9-14(17)11-18-10-13)8-7-12-3-5-15(20-2)6-4-12/h3-6,9-11,19H,7-8H2,1-2H3. The molecule has 0 aliphatic rings. The lowest BCUT2D eigenvalue weighted by atomic mass is 9.90. The summed E-state index contributed by atoms with van der Waals surface area (Å²) in [5, 5.41) is 10.4. The Morgan fingerprint density at radius 2 is 1.95 bits per heavy atom. The van der Waals surface area contributed by atoms with E-state index in [1.165, 1.54) is 12.3 Å². The first-order chi connectivity index (χ1) is 9.51. The molecule has 106 valence electrons. The number of hydrogen-bond donors (Lipinski definition) is 1. The Balaban J connectivity index is 2.04. The summed E-state index contributed by atoms with van der Waals surface area (Å²) in [6.45, 7) is 1.67. The molecular weight excluding hydrogens is 257 g/mol. The second-order valence-corrected chi connectivity index (χ2v) is 5.01. The second kappa shape index (κ2) is 6.01. The molecule has 0 radical (unpaired) electrons. The summed E-state index contributed by atoms with van der Waals surface area (Å²) in [5.41, 5.74) is 0.483. The van der Waals surface area contributed by atoms with Gasteiger partial charge in [0, 0.05) is 11.8 Å². The number of aryl methyl sites for hydroxylation is 1. The molecule has 1 N–H and O–H groups in total. The van der Waals surface area contributed by atoms with Crippen molar-refractivity contribution in [2.45, 2.75) is 25.4 Å². The van der Waals surface area contributed by atoms with E-state index in [0.29, 0.717) is 18.4 Å². The number of aromatic nitrogens is 1. The number of benzene rings is 1. The van der Waals surface area contributed by atoms with E-state index in [1.807, 2.05) is 24.3 Å². The molecule has 0 bridgehead atoms. The van der Waals surface area contributed by atoms with Gasteiger partial charge in [0.05, 0.1) is 18.9 Å². The number of rotatable bonds is 5. The second-order valence-electron chi connectivity index (χ2n) is 5.01. The molecule has 2 aromatic rings. The van der Waals surface area contributed by atoms with E-state index in [1.54, 1.807) is 14.0 Å². The molecule has 0 amide bonds. The fourth-order valence-electron chi connectivity index (χ4n) is 2.03. The lowest BCUT2D eigenvalue weighted by Gasteiger charge is -2.23. The monoisotopic (exact) mass is 275 g/mol. The zero-order chi connectivity index (χ0) is 14.6. The first kappa shape index (κ1) is 14.5. The molecule has 1 aromatic heterocycles. The van der Waals surface area contributed by atoms with Crippen LogP contribution >= 0.6 is 0 Å². The highest BCUT2D eigenvalue weighted by atomic mass is 19.1. The van der Waals surface area contributed by atoms with Crippen LogP contribution in [0.5, 0.6) is 5.75 Å². The van der Waals surface area contributed by atoms with Gasteiger partial charge in [0.2, 0.25) is 0 Å². The molecule has 0 saturated carbocycles. The van der Waals surface area contributed by atoms with Crippen LogP contribution in [0.15, 0.2) is 42.7 Å². The number of ether oxygens (including phenoxy) is 1. The minimum atomic E-state index is -1.10. The number of halogens is 1. The highest BCUT2D eigenvalue weighted by Gasteiger charge is 2.23. The van der Waals surface area contributed by atoms with E-state index >= 15 is 0 Å². The largest absolute Gasteiger partial charge is 0.497 e. The van der Waals surface area contributed by atoms with E-state index < -0.39 is 11.4 Å². The summed E-state index contributed by atoms with van der Waals surface area (Å²) < 4.78 is 18.3. The molecule has 0 aliphatic heterocycles. The van der Waals surface area contributed by atoms with Crippen LogP contribution in [0.2, 0.25) is 0 Å². The molecule has 1 heterocycles. The topological polar surface area (TPSA) is 42.4 Å². The molecule has 0 fully saturated rings. The van der Waals surface area contributed by atoms with Crippen LogP contribution in [0.4, 0.5) is 4.39 Å². The average Bonchev–Trinajstić information content (AvgIpc) is 2.46. The summed E-state index contributed by atoms with van der Waals surface area (Å²) in [5.74, 6) is 0.363. The van der Waals surface area contributed by atoms with Crippen LogP contribution < -0.4 is 4.74 Å². The third kappa shape index (κ3) is 3.54. The molecule has 0 spiro atoms. The first-order valence-corrected chi connectivity index (χ1v) is 6.47. The fourth-order valence-corrected chi connectivity index (χ4v) is 2.03. The van der Waals surface area contributed by atoms with Gasteiger partial charge in [-0.25, -0.2) is 4.39 Å². The van der Waals surface area contributed by atoms with E-state index in [0.717, 1.165) is 17.5 Å². The number of methoxy groups -OCH3 is 1. The molecule has 0 saturated heterocycles. The van der Waals surface area contributed by atoms with Gasteiger partial charge in [-0.05, 0) is 43.5 Å². The smallest absolute Gasteiger partial charge is 0.141 e. The predicted molar refractivity (Wildman–Crippen MR) is 75.1 cm³/mol. The zero-order valence-corrected chi connectivity index (χ0v) is 11.6. The predicted octanol–water partition coefficient (Wildman–Crippen LogP) is 3.07. The van der Waals surface area contributed by atoms with E-state index in [-0.39, 0.29) is 0 Å². The third-order valence-electron chi connectivity index (χ3n) is 3.39. The highest BCUT2D eigenvalue weighted by molar-refractivity contribution is 5.27. The van der Waals surface area contributed by atoms with Crippen molar-refractivity contribution in [1.29, 1.82) is 0 Å². The van der Waals surface area contributed by atoms with Crippen molar-refractivity contribution in [3.8, 4) is 5.75 Å². The molecule has 4 heteroatoms. The van der Waals surface area contributed by atoms with Gasteiger partial charge >= 0.3 is 0 Å². The summed E-state index contributed by atoms with van der Waals surface area (Å²) in [4.78, 5) is 3.78. The summed E-state index contributed by atoms with van der Waals surface area (Å²) in [6.07, 6.45) is 3.80. The van der Waals surface area contributed by atoms with Gasteiger partial charge in [-0.1, -0.05) is 12.1 Å². The van der Waals surface area contributed by atoms with Crippen molar-refractivity contribution in [3.63, 3.8) is 0 Å². The summed E-state index contributed by atoms with van der Waals surface area (Å²) >= 11 is 0. The minimum absolute atomic E-state index is 0.438. The van der Waals surface area contributed by atoms with Gasteiger partial charge in [-0.2, -0.15) is 0 Å². The Labute approximate surface area is 118 Å². The fraction of sp³-hybridized carbons (Fsp3) is 0.312. The van der Waals surface area contributed by atoms with Crippen LogP contribution in [0, 0.1) is 5.82 Å². The molecule has 1 atom stereocenters. The Bertz CT molecular complexity index is 567. The Kier molecular flexibility index (Phi) is 4.35. The average molecular weight is 275 g/mol. The van der Waals surface area contributed by atoms with Crippen LogP contribution in [-0.2, 0) is 12.0 Å². The Morgan fingerprint density at radius 1 is 1.25 bits per heavy atom. The van der Waals surface area contributed by atoms with Crippen molar-refractivity contribution in [1.82, 2.24) is 4.98 Å². The van der Waals surface area contributed by atoms with Crippen molar-refractivity contribution in [2.75, 3.05) is 7.11 Å². The van der Waals surface area contributed by atoms with Crippen molar-refractivity contribution < 1.29 is 14.2 Å². The van der Waals surface area contributed by atoms with Gasteiger partial charge in [-0.3, -0.25) is 4.98 Å². The molecule has 1 unspecified atom stereocenters. The summed E-state index contributed by atoms with van der Waals surface area (Å²) in [7, 11) is 1.62. The normalized spacial score (nSPS) is 13.8. The molecule has 2 rings (SSSR count). The van der Waals surface area contributed by atoms with Gasteiger partial charge in [0.25, 0.3) is 0 Å². The van der Waals surface area contributed by atoms with Crippen LogP contribution in [0.25, 0.3) is 0 Å². The lowest BCUT2D eigenvalue weighted by Crippen LogP contribution is -2.22. The maximum atomic E-state index is 13.2. The highest BCUT2D eigenvalue weighted by Crippen LogP contribution is 2.26. The van der Waals surface area contributed by atoms with Crippen LogP contribution in [0.1, 0.15) is 24.5 Å². The maximum Gasteiger partial charge on any atom is 0.141 e. The molecule has 3 nitrogen and oxygen atoms in total. The van der Waals surface area contributed by atoms with Crippen molar-refractivity contribution >= 4 is 0 Å². The molecule has 1 aromatic carbocycles. The zero-order valence-electron chi connectivity index (χ0n) is 11.6. The molecule has 0 aliphatic carbocycles. The van der Waals surface area contributed by atoms with Gasteiger partial charge < -0.3 is 9.84 Å². The van der Waals surface area contributed by atoms with Gasteiger partial charge in [0.1, 0.15) is 11.6 Å². The number of pyridine rings is 1. The van der Waals surface area contributed by atoms with Crippen LogP contribution in [-0.4, -0.2) is 17.2 Å². The quantitative estimate of drug-likeness (QED) is 0.912. The number of nitrogens with zero attached hydrogens (tertiary/aromatic N) is 1. The van der Waals surface area contributed by atoms with Crippen LogP contribution in [0.3, 0.4) is 0 Å². The first-order valence-electron chi connectivity index (χ1n) is 6.47. The van der Waals surface area contributed by atoms with Gasteiger partial charge in [-0.15, -0.1) is 0 Å². The van der Waals surface area contributed by atoms with Crippen molar-refractivity contribution in [3.05, 3.63) is 59.7 Å². The Hall–Kier alpha value is -1.94. The number of aliphatic hydroxyl groups is 1. The van der Waals surface area contributed by atoms with E-state index in [4.69, 9.17) is 4.74 Å².